The van der Waals surface area contributed by atoms with Gasteiger partial charge in [-0.05, 0) is 42.3 Å². The zero-order valence-electron chi connectivity index (χ0n) is 14.7. The van der Waals surface area contributed by atoms with E-state index in [1.807, 2.05) is 0 Å². The largest absolute Gasteiger partial charge is 0.466 e. The molecule has 2 rings (SSSR count). The van der Waals surface area contributed by atoms with Crippen molar-refractivity contribution in [2.45, 2.75) is 19.3 Å². The SMILES string of the molecule is CCOC(=O)CC(=O)OCC(c1ccc(N)c(Cl)c1)c1ccc(N)c(Cl)c1. The van der Waals surface area contributed by atoms with Crippen molar-refractivity contribution in [3.8, 4) is 0 Å². The number of rotatable bonds is 7. The Bertz CT molecular complexity index is 791. The fourth-order valence-corrected chi connectivity index (χ4v) is 2.84. The molecular weight excluding hydrogens is 391 g/mol. The van der Waals surface area contributed by atoms with Gasteiger partial charge in [0.25, 0.3) is 0 Å². The van der Waals surface area contributed by atoms with E-state index in [1.54, 1.807) is 43.3 Å². The zero-order chi connectivity index (χ0) is 20.0. The van der Waals surface area contributed by atoms with Crippen LogP contribution in [-0.2, 0) is 19.1 Å². The lowest BCUT2D eigenvalue weighted by Gasteiger charge is -2.19. The number of carbonyl (C=O) groups excluding carboxylic acids is 2. The van der Waals surface area contributed by atoms with E-state index in [9.17, 15) is 9.59 Å². The van der Waals surface area contributed by atoms with Crippen LogP contribution in [0.4, 0.5) is 11.4 Å². The lowest BCUT2D eigenvalue weighted by molar-refractivity contribution is -0.154. The van der Waals surface area contributed by atoms with E-state index in [2.05, 4.69) is 0 Å². The van der Waals surface area contributed by atoms with E-state index in [0.29, 0.717) is 21.4 Å². The molecule has 27 heavy (non-hydrogen) atoms. The van der Waals surface area contributed by atoms with Gasteiger partial charge in [0.2, 0.25) is 0 Å². The van der Waals surface area contributed by atoms with Crippen molar-refractivity contribution in [1.82, 2.24) is 0 Å². The summed E-state index contributed by atoms with van der Waals surface area (Å²) in [5.41, 5.74) is 14.0. The molecule has 0 heterocycles. The van der Waals surface area contributed by atoms with Gasteiger partial charge >= 0.3 is 11.9 Å². The average molecular weight is 411 g/mol. The Morgan fingerprint density at radius 3 is 1.85 bits per heavy atom. The maximum atomic E-state index is 11.9. The van der Waals surface area contributed by atoms with Crippen molar-refractivity contribution in [1.29, 1.82) is 0 Å². The third kappa shape index (κ3) is 5.77. The number of halogens is 2. The summed E-state index contributed by atoms with van der Waals surface area (Å²) in [6.07, 6.45) is -0.453. The number of ether oxygens (including phenoxy) is 2. The summed E-state index contributed by atoms with van der Waals surface area (Å²) in [5.74, 6) is -1.68. The third-order valence-corrected chi connectivity index (χ3v) is 4.51. The summed E-state index contributed by atoms with van der Waals surface area (Å²) in [5, 5.41) is 0.772. The van der Waals surface area contributed by atoms with Crippen LogP contribution in [0.25, 0.3) is 0 Å². The highest BCUT2D eigenvalue weighted by molar-refractivity contribution is 6.33. The molecule has 2 aromatic rings. The highest BCUT2D eigenvalue weighted by Gasteiger charge is 2.20. The van der Waals surface area contributed by atoms with E-state index in [4.69, 9.17) is 44.1 Å². The van der Waals surface area contributed by atoms with E-state index >= 15 is 0 Å². The normalized spacial score (nSPS) is 10.7. The number of benzene rings is 2. The van der Waals surface area contributed by atoms with Crippen LogP contribution in [0.5, 0.6) is 0 Å². The van der Waals surface area contributed by atoms with Crippen LogP contribution in [0, 0.1) is 0 Å². The average Bonchev–Trinajstić information content (AvgIpc) is 2.61. The first-order valence-electron chi connectivity index (χ1n) is 8.23. The molecule has 0 aliphatic heterocycles. The summed E-state index contributed by atoms with van der Waals surface area (Å²) in [4.78, 5) is 23.3. The van der Waals surface area contributed by atoms with Gasteiger partial charge in [0, 0.05) is 5.92 Å². The van der Waals surface area contributed by atoms with Crippen molar-refractivity contribution in [3.05, 3.63) is 57.6 Å². The van der Waals surface area contributed by atoms with E-state index in [-0.39, 0.29) is 19.1 Å². The minimum Gasteiger partial charge on any atom is -0.466 e. The highest BCUT2D eigenvalue weighted by atomic mass is 35.5. The van der Waals surface area contributed by atoms with Gasteiger partial charge < -0.3 is 20.9 Å². The monoisotopic (exact) mass is 410 g/mol. The summed E-state index contributed by atoms with van der Waals surface area (Å²) in [6, 6.07) is 10.3. The predicted molar refractivity (Wildman–Crippen MR) is 106 cm³/mol. The molecule has 0 amide bonds. The predicted octanol–water partition coefficient (Wildman–Crippen LogP) is 3.79. The van der Waals surface area contributed by atoms with Crippen LogP contribution in [0.1, 0.15) is 30.4 Å². The molecule has 4 N–H and O–H groups in total. The lowest BCUT2D eigenvalue weighted by Crippen LogP contribution is -2.18. The molecule has 0 saturated carbocycles. The Kier molecular flexibility index (Phi) is 7.33. The number of hydrogen-bond donors (Lipinski definition) is 2. The molecule has 0 bridgehead atoms. The van der Waals surface area contributed by atoms with Crippen molar-refractivity contribution in [2.24, 2.45) is 0 Å². The van der Waals surface area contributed by atoms with Crippen LogP contribution < -0.4 is 11.5 Å². The number of nitrogen functional groups attached to an aromatic ring is 2. The number of nitrogens with two attached hydrogens (primary N) is 2. The highest BCUT2D eigenvalue weighted by Crippen LogP contribution is 2.32. The van der Waals surface area contributed by atoms with Crippen LogP contribution in [-0.4, -0.2) is 25.2 Å². The third-order valence-electron chi connectivity index (χ3n) is 3.86. The van der Waals surface area contributed by atoms with Crippen molar-refractivity contribution in [3.63, 3.8) is 0 Å². The van der Waals surface area contributed by atoms with Gasteiger partial charge in [-0.2, -0.15) is 0 Å². The number of carbonyl (C=O) groups is 2. The first-order chi connectivity index (χ1) is 12.8. The van der Waals surface area contributed by atoms with Gasteiger partial charge in [-0.25, -0.2) is 0 Å². The lowest BCUT2D eigenvalue weighted by atomic mass is 9.91. The van der Waals surface area contributed by atoms with E-state index in [0.717, 1.165) is 11.1 Å². The van der Waals surface area contributed by atoms with Gasteiger partial charge in [0.05, 0.1) is 28.0 Å². The molecule has 0 aliphatic rings. The Balaban J connectivity index is 2.24. The molecule has 0 spiro atoms. The number of esters is 2. The summed E-state index contributed by atoms with van der Waals surface area (Å²) < 4.78 is 10.0. The van der Waals surface area contributed by atoms with Gasteiger partial charge in [-0.1, -0.05) is 35.3 Å². The maximum absolute atomic E-state index is 11.9. The topological polar surface area (TPSA) is 105 Å². The molecule has 0 aliphatic carbocycles. The molecule has 0 saturated heterocycles. The molecule has 0 unspecified atom stereocenters. The second-order valence-corrected chi connectivity index (χ2v) is 6.59. The smallest absolute Gasteiger partial charge is 0.317 e. The first-order valence-corrected chi connectivity index (χ1v) is 8.98. The molecule has 0 fully saturated rings. The van der Waals surface area contributed by atoms with E-state index < -0.39 is 18.4 Å². The first kappa shape index (κ1) is 20.9. The molecular formula is C19H20Cl2N2O4. The van der Waals surface area contributed by atoms with Crippen molar-refractivity contribution in [2.75, 3.05) is 24.7 Å². The fourth-order valence-electron chi connectivity index (χ4n) is 2.46. The molecule has 0 radical (unpaired) electrons. The number of hydrogen-bond acceptors (Lipinski definition) is 6. The molecule has 2 aromatic carbocycles. The standard InChI is InChI=1S/C19H20Cl2N2O4/c1-2-26-18(24)9-19(25)27-10-13(11-3-5-16(22)14(20)7-11)12-4-6-17(23)15(21)8-12/h3-8,13H,2,9-10,22-23H2,1H3. The van der Waals surface area contributed by atoms with Crippen LogP contribution in [0.3, 0.4) is 0 Å². The minimum atomic E-state index is -0.679. The van der Waals surface area contributed by atoms with Crippen molar-refractivity contribution >= 4 is 46.5 Å². The zero-order valence-corrected chi connectivity index (χ0v) is 16.2. The van der Waals surface area contributed by atoms with Crippen LogP contribution in [0.2, 0.25) is 10.0 Å². The Morgan fingerprint density at radius 2 is 1.41 bits per heavy atom. The van der Waals surface area contributed by atoms with Gasteiger partial charge in [-0.3, -0.25) is 9.59 Å². The molecule has 0 atom stereocenters. The van der Waals surface area contributed by atoms with Gasteiger partial charge in [-0.15, -0.1) is 0 Å². The van der Waals surface area contributed by atoms with Gasteiger partial charge in [0.1, 0.15) is 13.0 Å². The van der Waals surface area contributed by atoms with Crippen LogP contribution in [0.15, 0.2) is 36.4 Å². The van der Waals surface area contributed by atoms with Gasteiger partial charge in [0.15, 0.2) is 0 Å². The maximum Gasteiger partial charge on any atom is 0.317 e. The fraction of sp³-hybridized carbons (Fsp3) is 0.263. The molecule has 144 valence electrons. The van der Waals surface area contributed by atoms with Crippen molar-refractivity contribution < 1.29 is 19.1 Å². The molecule has 6 nitrogen and oxygen atoms in total. The Morgan fingerprint density at radius 1 is 0.926 bits per heavy atom. The minimum absolute atomic E-state index is 0.0151. The molecule has 8 heteroatoms. The Hall–Kier alpha value is -2.44. The number of anilines is 2. The van der Waals surface area contributed by atoms with Crippen LogP contribution >= 0.6 is 23.2 Å². The quantitative estimate of drug-likeness (QED) is 0.408. The second-order valence-electron chi connectivity index (χ2n) is 5.78. The summed E-state index contributed by atoms with van der Waals surface area (Å²) in [6.45, 7) is 1.84. The second kappa shape index (κ2) is 9.48. The summed E-state index contributed by atoms with van der Waals surface area (Å²) >= 11 is 12.3. The summed E-state index contributed by atoms with van der Waals surface area (Å²) in [7, 11) is 0. The van der Waals surface area contributed by atoms with E-state index in [1.165, 1.54) is 0 Å². The Labute approximate surface area is 167 Å². The molecule has 0 aromatic heterocycles.